The summed E-state index contributed by atoms with van der Waals surface area (Å²) in [7, 11) is 0. The van der Waals surface area contributed by atoms with Crippen LogP contribution >= 0.6 is 0 Å². The molecular formula is C22H32O2. The molecule has 5 unspecified atom stereocenters. The number of hydrogen-bond acceptors (Lipinski definition) is 2. The average Bonchev–Trinajstić information content (AvgIpc) is 2.77. The van der Waals surface area contributed by atoms with Gasteiger partial charge in [0.25, 0.3) is 0 Å². The fourth-order valence-electron chi connectivity index (χ4n) is 7.08. The monoisotopic (exact) mass is 328 g/mol. The molecule has 0 amide bonds. The van der Waals surface area contributed by atoms with E-state index < -0.39 is 5.60 Å². The zero-order chi connectivity index (χ0) is 17.1. The quantitative estimate of drug-likeness (QED) is 0.738. The number of ketones is 1. The summed E-state index contributed by atoms with van der Waals surface area (Å²) in [4.78, 5) is 11.8. The standard InChI is InChI=1S/C22H32O2/c1-14(2)13-22(24)11-9-20-19-6-4-15-12-16(23)5-7-17(15)18(19)8-10-21(20,22)3/h12,17-20,24H,1,4-11,13H2,2-3H3/t17?,18?,19?,20?,21?,22-/m1/s1. The van der Waals surface area contributed by atoms with Gasteiger partial charge in [-0.3, -0.25) is 4.79 Å². The first kappa shape index (κ1) is 16.6. The minimum atomic E-state index is -0.548. The van der Waals surface area contributed by atoms with Crippen LogP contribution in [0.3, 0.4) is 0 Å². The van der Waals surface area contributed by atoms with E-state index in [9.17, 15) is 9.90 Å². The molecule has 0 aromatic rings. The van der Waals surface area contributed by atoms with Gasteiger partial charge in [0, 0.05) is 6.42 Å². The third kappa shape index (κ3) is 2.29. The lowest BCUT2D eigenvalue weighted by Gasteiger charge is -2.55. The Hall–Kier alpha value is -0.890. The molecule has 3 saturated carbocycles. The molecule has 4 rings (SSSR count). The number of fused-ring (bicyclic) bond motifs is 5. The zero-order valence-corrected chi connectivity index (χ0v) is 15.3. The van der Waals surface area contributed by atoms with Crippen LogP contribution in [0.1, 0.15) is 71.6 Å². The number of aliphatic hydroxyl groups is 1. The van der Waals surface area contributed by atoms with Gasteiger partial charge in [-0.1, -0.05) is 18.1 Å². The second-order valence-electron chi connectivity index (χ2n) is 9.46. The second-order valence-corrected chi connectivity index (χ2v) is 9.46. The van der Waals surface area contributed by atoms with Crippen molar-refractivity contribution >= 4 is 5.78 Å². The van der Waals surface area contributed by atoms with Crippen LogP contribution in [0.25, 0.3) is 0 Å². The van der Waals surface area contributed by atoms with Crippen molar-refractivity contribution in [2.24, 2.45) is 29.1 Å². The van der Waals surface area contributed by atoms with Crippen LogP contribution in [-0.4, -0.2) is 16.5 Å². The molecule has 4 aliphatic rings. The maximum absolute atomic E-state index is 11.8. The highest BCUT2D eigenvalue weighted by Gasteiger charge is 2.61. The molecule has 0 aromatic carbocycles. The van der Waals surface area contributed by atoms with Crippen LogP contribution in [0.2, 0.25) is 0 Å². The van der Waals surface area contributed by atoms with E-state index in [1.54, 1.807) is 0 Å². The van der Waals surface area contributed by atoms with Gasteiger partial charge in [0.05, 0.1) is 5.60 Å². The first-order valence-electron chi connectivity index (χ1n) is 9.94. The fourth-order valence-corrected chi connectivity index (χ4v) is 7.08. The van der Waals surface area contributed by atoms with Crippen molar-refractivity contribution in [2.75, 3.05) is 0 Å². The van der Waals surface area contributed by atoms with E-state index in [-0.39, 0.29) is 5.41 Å². The molecule has 2 heteroatoms. The molecule has 132 valence electrons. The van der Waals surface area contributed by atoms with Gasteiger partial charge >= 0.3 is 0 Å². The van der Waals surface area contributed by atoms with Crippen LogP contribution in [-0.2, 0) is 4.79 Å². The minimum absolute atomic E-state index is 0.0544. The van der Waals surface area contributed by atoms with Gasteiger partial charge in [0.1, 0.15) is 0 Å². The van der Waals surface area contributed by atoms with E-state index in [2.05, 4.69) is 20.4 Å². The number of rotatable bonds is 2. The molecule has 0 aromatic heterocycles. The Bertz CT molecular complexity index is 603. The van der Waals surface area contributed by atoms with Crippen LogP contribution in [0.4, 0.5) is 0 Å². The summed E-state index contributed by atoms with van der Waals surface area (Å²) < 4.78 is 0. The van der Waals surface area contributed by atoms with Gasteiger partial charge in [-0.15, -0.1) is 6.58 Å². The molecule has 24 heavy (non-hydrogen) atoms. The Balaban J connectivity index is 1.61. The average molecular weight is 328 g/mol. The maximum atomic E-state index is 11.8. The second kappa shape index (κ2) is 5.56. The number of allylic oxidation sites excluding steroid dienone is 1. The predicted molar refractivity (Wildman–Crippen MR) is 96.5 cm³/mol. The van der Waals surface area contributed by atoms with E-state index in [1.165, 1.54) is 24.8 Å². The molecule has 1 N–H and O–H groups in total. The van der Waals surface area contributed by atoms with Crippen LogP contribution in [0.5, 0.6) is 0 Å². The lowest BCUT2D eigenvalue weighted by atomic mass is 9.50. The highest BCUT2D eigenvalue weighted by atomic mass is 16.3. The minimum Gasteiger partial charge on any atom is -0.389 e. The molecule has 0 saturated heterocycles. The van der Waals surface area contributed by atoms with Gasteiger partial charge < -0.3 is 5.11 Å². The van der Waals surface area contributed by atoms with Crippen molar-refractivity contribution in [1.82, 2.24) is 0 Å². The summed E-state index contributed by atoms with van der Waals surface area (Å²) in [6.45, 7) is 8.49. The largest absolute Gasteiger partial charge is 0.389 e. The summed E-state index contributed by atoms with van der Waals surface area (Å²) in [5.41, 5.74) is 2.07. The van der Waals surface area contributed by atoms with E-state index in [0.29, 0.717) is 17.6 Å². The Morgan fingerprint density at radius 1 is 1.21 bits per heavy atom. The highest BCUT2D eigenvalue weighted by molar-refractivity contribution is 5.91. The van der Waals surface area contributed by atoms with Crippen molar-refractivity contribution in [3.05, 3.63) is 23.8 Å². The number of carbonyl (C=O) groups excluding carboxylic acids is 1. The van der Waals surface area contributed by atoms with Crippen molar-refractivity contribution in [1.29, 1.82) is 0 Å². The van der Waals surface area contributed by atoms with Crippen LogP contribution in [0.15, 0.2) is 23.8 Å². The fraction of sp³-hybridized carbons (Fsp3) is 0.773. The Morgan fingerprint density at radius 2 is 2.00 bits per heavy atom. The van der Waals surface area contributed by atoms with E-state index in [4.69, 9.17) is 0 Å². The van der Waals surface area contributed by atoms with Crippen LogP contribution in [0, 0.1) is 29.1 Å². The van der Waals surface area contributed by atoms with Gasteiger partial charge in [0.15, 0.2) is 5.78 Å². The summed E-state index contributed by atoms with van der Waals surface area (Å²) in [5, 5.41) is 11.5. The first-order valence-corrected chi connectivity index (χ1v) is 9.94. The lowest BCUT2D eigenvalue weighted by Crippen LogP contribution is -2.52. The van der Waals surface area contributed by atoms with Crippen LogP contribution < -0.4 is 0 Å². The summed E-state index contributed by atoms with van der Waals surface area (Å²) in [6, 6.07) is 0. The third-order valence-corrected chi connectivity index (χ3v) is 8.22. The molecule has 4 aliphatic carbocycles. The number of carbonyl (C=O) groups is 1. The van der Waals surface area contributed by atoms with Crippen molar-refractivity contribution in [3.63, 3.8) is 0 Å². The summed E-state index contributed by atoms with van der Waals surface area (Å²) >= 11 is 0. The molecule has 3 fully saturated rings. The van der Waals surface area contributed by atoms with Gasteiger partial charge in [-0.25, -0.2) is 0 Å². The van der Waals surface area contributed by atoms with Crippen molar-refractivity contribution in [3.8, 4) is 0 Å². The van der Waals surface area contributed by atoms with Crippen molar-refractivity contribution in [2.45, 2.75) is 77.2 Å². The molecular weight excluding hydrogens is 296 g/mol. The third-order valence-electron chi connectivity index (χ3n) is 8.22. The number of hydrogen-bond donors (Lipinski definition) is 1. The smallest absolute Gasteiger partial charge is 0.155 e. The van der Waals surface area contributed by atoms with Gasteiger partial charge in [-0.05, 0) is 93.5 Å². The topological polar surface area (TPSA) is 37.3 Å². The lowest BCUT2D eigenvalue weighted by molar-refractivity contribution is -0.120. The normalized spacial score (nSPS) is 47.5. The van der Waals surface area contributed by atoms with E-state index in [0.717, 1.165) is 55.9 Å². The summed E-state index contributed by atoms with van der Waals surface area (Å²) in [5.74, 6) is 3.15. The van der Waals surface area contributed by atoms with Gasteiger partial charge in [-0.2, -0.15) is 0 Å². The van der Waals surface area contributed by atoms with E-state index in [1.807, 2.05) is 6.08 Å². The molecule has 0 spiro atoms. The molecule has 0 bridgehead atoms. The van der Waals surface area contributed by atoms with E-state index >= 15 is 0 Å². The van der Waals surface area contributed by atoms with Gasteiger partial charge in [0.2, 0.25) is 0 Å². The highest BCUT2D eigenvalue weighted by Crippen LogP contribution is 2.65. The molecule has 0 heterocycles. The zero-order valence-electron chi connectivity index (χ0n) is 15.3. The predicted octanol–water partition coefficient (Wildman–Crippen LogP) is 4.83. The molecule has 0 aliphatic heterocycles. The summed E-state index contributed by atoms with van der Waals surface area (Å²) in [6.07, 6.45) is 11.4. The molecule has 2 nitrogen and oxygen atoms in total. The molecule has 0 radical (unpaired) electrons. The first-order chi connectivity index (χ1) is 11.3. The Kier molecular flexibility index (Phi) is 3.84. The Morgan fingerprint density at radius 3 is 2.75 bits per heavy atom. The molecule has 6 atom stereocenters. The SMILES string of the molecule is C=C(C)C[C@]1(O)CCC2C3CCC4=CC(=O)CCC4C3CCC21C. The maximum Gasteiger partial charge on any atom is 0.155 e. The van der Waals surface area contributed by atoms with Crippen molar-refractivity contribution < 1.29 is 9.90 Å². The Labute approximate surface area is 146 Å².